The minimum atomic E-state index is -0.384. The molecular formula is C9H12N2S. The number of hydrogen-bond acceptors (Lipinski definition) is 3. The SMILES string of the molecule is C#Cc1nc(C(C)(C)N)sc1C. The summed E-state index contributed by atoms with van der Waals surface area (Å²) in [5, 5.41) is 0.896. The van der Waals surface area contributed by atoms with Crippen LogP contribution in [0.1, 0.15) is 29.4 Å². The lowest BCUT2D eigenvalue weighted by Crippen LogP contribution is -2.28. The van der Waals surface area contributed by atoms with E-state index in [0.29, 0.717) is 5.69 Å². The number of terminal acetylenes is 1. The summed E-state index contributed by atoms with van der Waals surface area (Å²) < 4.78 is 0. The minimum Gasteiger partial charge on any atom is -0.320 e. The molecule has 0 fully saturated rings. The van der Waals surface area contributed by atoms with Gasteiger partial charge in [0, 0.05) is 4.88 Å². The number of aryl methyl sites for hydroxylation is 1. The van der Waals surface area contributed by atoms with Crippen molar-refractivity contribution in [1.29, 1.82) is 0 Å². The van der Waals surface area contributed by atoms with E-state index in [2.05, 4.69) is 10.9 Å². The molecule has 1 aromatic heterocycles. The third kappa shape index (κ3) is 1.66. The second-order valence-corrected chi connectivity index (χ2v) is 4.49. The highest BCUT2D eigenvalue weighted by molar-refractivity contribution is 7.11. The van der Waals surface area contributed by atoms with E-state index >= 15 is 0 Å². The molecule has 0 aromatic carbocycles. The maximum Gasteiger partial charge on any atom is 0.127 e. The van der Waals surface area contributed by atoms with Crippen LogP contribution in [0.2, 0.25) is 0 Å². The highest BCUT2D eigenvalue weighted by atomic mass is 32.1. The molecular weight excluding hydrogens is 168 g/mol. The number of nitrogens with zero attached hydrogens (tertiary/aromatic N) is 1. The normalized spacial score (nSPS) is 11.2. The van der Waals surface area contributed by atoms with Crippen LogP contribution in [0.5, 0.6) is 0 Å². The molecule has 2 nitrogen and oxygen atoms in total. The predicted molar refractivity (Wildman–Crippen MR) is 52.0 cm³/mol. The van der Waals surface area contributed by atoms with Gasteiger partial charge in [-0.25, -0.2) is 4.98 Å². The molecule has 0 aliphatic rings. The predicted octanol–water partition coefficient (Wildman–Crippen LogP) is 1.63. The molecule has 1 aromatic rings. The Balaban J connectivity index is 3.16. The molecule has 1 rings (SSSR count). The molecule has 0 spiro atoms. The number of aromatic nitrogens is 1. The van der Waals surface area contributed by atoms with Gasteiger partial charge in [0.2, 0.25) is 0 Å². The molecule has 0 aliphatic carbocycles. The third-order valence-corrected chi connectivity index (χ3v) is 2.79. The van der Waals surface area contributed by atoms with Crippen LogP contribution >= 0.6 is 11.3 Å². The second-order valence-electron chi connectivity index (χ2n) is 3.29. The van der Waals surface area contributed by atoms with Gasteiger partial charge in [-0.2, -0.15) is 0 Å². The molecule has 3 heteroatoms. The van der Waals surface area contributed by atoms with E-state index in [1.54, 1.807) is 11.3 Å². The number of hydrogen-bond donors (Lipinski definition) is 1. The van der Waals surface area contributed by atoms with Gasteiger partial charge in [-0.3, -0.25) is 0 Å². The fraction of sp³-hybridized carbons (Fsp3) is 0.444. The molecule has 0 atom stereocenters. The van der Waals surface area contributed by atoms with Gasteiger partial charge in [0.25, 0.3) is 0 Å². The average Bonchev–Trinajstić information content (AvgIpc) is 2.29. The molecule has 12 heavy (non-hydrogen) atoms. The van der Waals surface area contributed by atoms with Crippen molar-refractivity contribution in [3.8, 4) is 12.3 Å². The summed E-state index contributed by atoms with van der Waals surface area (Å²) in [5.74, 6) is 2.53. The van der Waals surface area contributed by atoms with E-state index in [1.807, 2.05) is 20.8 Å². The first-order valence-corrected chi connectivity index (χ1v) is 4.50. The van der Waals surface area contributed by atoms with Crippen molar-refractivity contribution in [2.45, 2.75) is 26.3 Å². The van der Waals surface area contributed by atoms with Gasteiger partial charge in [-0.05, 0) is 26.7 Å². The van der Waals surface area contributed by atoms with Crippen LogP contribution in [0.15, 0.2) is 0 Å². The molecule has 0 bridgehead atoms. The molecule has 0 amide bonds. The smallest absolute Gasteiger partial charge is 0.127 e. The lowest BCUT2D eigenvalue weighted by atomic mass is 10.1. The van der Waals surface area contributed by atoms with Crippen molar-refractivity contribution < 1.29 is 0 Å². The summed E-state index contributed by atoms with van der Waals surface area (Å²) in [4.78, 5) is 5.32. The van der Waals surface area contributed by atoms with Gasteiger partial charge >= 0.3 is 0 Å². The summed E-state index contributed by atoms with van der Waals surface area (Å²) in [6, 6.07) is 0. The van der Waals surface area contributed by atoms with E-state index in [4.69, 9.17) is 12.2 Å². The summed E-state index contributed by atoms with van der Waals surface area (Å²) in [7, 11) is 0. The summed E-state index contributed by atoms with van der Waals surface area (Å²) >= 11 is 1.57. The average molecular weight is 180 g/mol. The van der Waals surface area contributed by atoms with Gasteiger partial charge < -0.3 is 5.73 Å². The minimum absolute atomic E-state index is 0.384. The highest BCUT2D eigenvalue weighted by Crippen LogP contribution is 2.24. The van der Waals surface area contributed by atoms with Crippen molar-refractivity contribution in [3.05, 3.63) is 15.6 Å². The molecule has 0 saturated carbocycles. The molecule has 0 unspecified atom stereocenters. The van der Waals surface area contributed by atoms with Crippen molar-refractivity contribution in [1.82, 2.24) is 4.98 Å². The van der Waals surface area contributed by atoms with Crippen LogP contribution in [-0.4, -0.2) is 4.98 Å². The fourth-order valence-electron chi connectivity index (χ4n) is 0.806. The van der Waals surface area contributed by atoms with Crippen LogP contribution in [0.4, 0.5) is 0 Å². The Morgan fingerprint density at radius 1 is 1.58 bits per heavy atom. The van der Waals surface area contributed by atoms with Crippen molar-refractivity contribution in [2.75, 3.05) is 0 Å². The zero-order chi connectivity index (χ0) is 9.35. The molecule has 2 N–H and O–H groups in total. The number of thiazole rings is 1. The monoisotopic (exact) mass is 180 g/mol. The Hall–Kier alpha value is -0.850. The van der Waals surface area contributed by atoms with Crippen LogP contribution in [0.3, 0.4) is 0 Å². The van der Waals surface area contributed by atoms with E-state index in [-0.39, 0.29) is 5.54 Å². The summed E-state index contributed by atoms with van der Waals surface area (Å²) in [6.45, 7) is 5.80. The number of nitrogens with two attached hydrogens (primary N) is 1. The van der Waals surface area contributed by atoms with Gasteiger partial charge in [0.1, 0.15) is 10.7 Å². The van der Waals surface area contributed by atoms with E-state index in [1.165, 1.54) is 0 Å². The van der Waals surface area contributed by atoms with Crippen molar-refractivity contribution >= 4 is 11.3 Å². The first-order chi connectivity index (χ1) is 5.45. The fourth-order valence-corrected chi connectivity index (χ4v) is 1.70. The Kier molecular flexibility index (Phi) is 2.22. The van der Waals surface area contributed by atoms with Crippen LogP contribution in [0.25, 0.3) is 0 Å². The Bertz CT molecular complexity index is 325. The quantitative estimate of drug-likeness (QED) is 0.667. The largest absolute Gasteiger partial charge is 0.320 e. The standard InChI is InChI=1S/C9H12N2S/c1-5-7-6(2)12-8(11-7)9(3,4)10/h1H,10H2,2-4H3. The van der Waals surface area contributed by atoms with Gasteiger partial charge in [-0.15, -0.1) is 17.8 Å². The molecule has 1 heterocycles. The van der Waals surface area contributed by atoms with Crippen LogP contribution in [-0.2, 0) is 5.54 Å². The summed E-state index contributed by atoms with van der Waals surface area (Å²) in [6.07, 6.45) is 5.26. The maximum absolute atomic E-state index is 5.87. The van der Waals surface area contributed by atoms with Crippen LogP contribution in [0, 0.1) is 19.3 Å². The van der Waals surface area contributed by atoms with E-state index in [9.17, 15) is 0 Å². The molecule has 0 saturated heterocycles. The highest BCUT2D eigenvalue weighted by Gasteiger charge is 2.19. The van der Waals surface area contributed by atoms with Gasteiger partial charge in [0.05, 0.1) is 5.54 Å². The van der Waals surface area contributed by atoms with Crippen molar-refractivity contribution in [2.24, 2.45) is 5.73 Å². The van der Waals surface area contributed by atoms with Gasteiger partial charge in [0.15, 0.2) is 0 Å². The Morgan fingerprint density at radius 2 is 2.17 bits per heavy atom. The molecule has 0 aliphatic heterocycles. The summed E-state index contributed by atoms with van der Waals surface area (Å²) in [5.41, 5.74) is 6.20. The van der Waals surface area contributed by atoms with Crippen molar-refractivity contribution in [3.63, 3.8) is 0 Å². The second kappa shape index (κ2) is 2.89. The number of rotatable bonds is 1. The Labute approximate surface area is 76.8 Å². The lowest BCUT2D eigenvalue weighted by molar-refractivity contribution is 0.550. The third-order valence-electron chi connectivity index (χ3n) is 1.48. The lowest BCUT2D eigenvalue weighted by Gasteiger charge is -2.13. The maximum atomic E-state index is 5.87. The Morgan fingerprint density at radius 3 is 2.42 bits per heavy atom. The first kappa shape index (κ1) is 9.24. The zero-order valence-electron chi connectivity index (χ0n) is 7.51. The van der Waals surface area contributed by atoms with E-state index < -0.39 is 0 Å². The molecule has 0 radical (unpaired) electrons. The van der Waals surface area contributed by atoms with Gasteiger partial charge in [-0.1, -0.05) is 0 Å². The molecule has 64 valence electrons. The van der Waals surface area contributed by atoms with Crippen LogP contribution < -0.4 is 5.73 Å². The first-order valence-electron chi connectivity index (χ1n) is 3.68. The van der Waals surface area contributed by atoms with E-state index in [0.717, 1.165) is 9.88 Å². The zero-order valence-corrected chi connectivity index (χ0v) is 8.33. The topological polar surface area (TPSA) is 38.9 Å².